The molecule has 0 spiro atoms. The second kappa shape index (κ2) is 6.00. The number of rotatable bonds is 6. The van der Waals surface area contributed by atoms with Crippen LogP contribution in [0.4, 0.5) is 0 Å². The predicted octanol–water partition coefficient (Wildman–Crippen LogP) is -1.12. The summed E-state index contributed by atoms with van der Waals surface area (Å²) in [6, 6.07) is -0.969. The Morgan fingerprint density at radius 2 is 2.35 bits per heavy atom. The minimum absolute atomic E-state index is 0.117. The van der Waals surface area contributed by atoms with E-state index in [1.54, 1.807) is 24.1 Å². The van der Waals surface area contributed by atoms with E-state index in [0.29, 0.717) is 5.69 Å². The summed E-state index contributed by atoms with van der Waals surface area (Å²) in [6.07, 6.45) is 3.57. The molecule has 0 saturated carbocycles. The fraction of sp³-hybridized carbons (Fsp3) is 0.500. The van der Waals surface area contributed by atoms with E-state index in [2.05, 4.69) is 10.3 Å². The zero-order chi connectivity index (χ0) is 12.8. The number of hydrogen-bond acceptors (Lipinski definition) is 4. The summed E-state index contributed by atoms with van der Waals surface area (Å²) in [6.45, 7) is 0.196. The highest BCUT2D eigenvalue weighted by Gasteiger charge is 2.20. The van der Waals surface area contributed by atoms with Crippen LogP contribution in [-0.2, 0) is 23.1 Å². The van der Waals surface area contributed by atoms with Gasteiger partial charge in [0.15, 0.2) is 0 Å². The maximum absolute atomic E-state index is 11.3. The molecule has 17 heavy (non-hydrogen) atoms. The summed E-state index contributed by atoms with van der Waals surface area (Å²) >= 11 is 0. The van der Waals surface area contributed by atoms with E-state index in [1.165, 1.54) is 0 Å². The van der Waals surface area contributed by atoms with E-state index in [9.17, 15) is 9.59 Å². The Balaban J connectivity index is 2.60. The van der Waals surface area contributed by atoms with Gasteiger partial charge in [0.1, 0.15) is 6.04 Å². The molecule has 0 aliphatic heterocycles. The third kappa shape index (κ3) is 4.23. The topological polar surface area (TPSA) is 110 Å². The van der Waals surface area contributed by atoms with Gasteiger partial charge in [-0.2, -0.15) is 0 Å². The van der Waals surface area contributed by atoms with E-state index in [1.807, 2.05) is 0 Å². The van der Waals surface area contributed by atoms with Crippen molar-refractivity contribution in [2.24, 2.45) is 12.8 Å². The van der Waals surface area contributed by atoms with E-state index in [4.69, 9.17) is 10.8 Å². The number of carbonyl (C=O) groups excluding carboxylic acids is 1. The van der Waals surface area contributed by atoms with Gasteiger partial charge in [-0.25, -0.2) is 9.78 Å². The first-order valence-electron chi connectivity index (χ1n) is 5.22. The molecule has 0 fully saturated rings. The highest BCUT2D eigenvalue weighted by atomic mass is 16.4. The van der Waals surface area contributed by atoms with Crippen molar-refractivity contribution in [1.82, 2.24) is 14.9 Å². The highest BCUT2D eigenvalue weighted by Crippen LogP contribution is 2.00. The van der Waals surface area contributed by atoms with Gasteiger partial charge >= 0.3 is 5.97 Å². The average molecular weight is 240 g/mol. The Hall–Kier alpha value is -1.89. The van der Waals surface area contributed by atoms with Crippen molar-refractivity contribution in [3.05, 3.63) is 18.2 Å². The van der Waals surface area contributed by atoms with Crippen molar-refractivity contribution < 1.29 is 14.7 Å². The van der Waals surface area contributed by atoms with Gasteiger partial charge in [0.2, 0.25) is 5.91 Å². The molecule has 7 nitrogen and oxygen atoms in total. The lowest BCUT2D eigenvalue weighted by Crippen LogP contribution is -2.42. The Kier molecular flexibility index (Phi) is 4.65. The van der Waals surface area contributed by atoms with E-state index >= 15 is 0 Å². The average Bonchev–Trinajstić information content (AvgIpc) is 2.63. The third-order valence-corrected chi connectivity index (χ3v) is 2.18. The van der Waals surface area contributed by atoms with Gasteiger partial charge in [-0.15, -0.1) is 0 Å². The van der Waals surface area contributed by atoms with Gasteiger partial charge in [-0.05, 0) is 0 Å². The summed E-state index contributed by atoms with van der Waals surface area (Å²) in [7, 11) is 1.79. The lowest BCUT2D eigenvalue weighted by molar-refractivity contribution is -0.141. The van der Waals surface area contributed by atoms with Crippen LogP contribution in [0.1, 0.15) is 12.1 Å². The second-order valence-corrected chi connectivity index (χ2v) is 3.73. The van der Waals surface area contributed by atoms with Gasteiger partial charge < -0.3 is 20.7 Å². The number of carboxylic acid groups (broad SMARTS) is 1. The number of carbonyl (C=O) groups is 2. The summed E-state index contributed by atoms with van der Waals surface area (Å²) in [5, 5.41) is 11.4. The van der Waals surface area contributed by atoms with Gasteiger partial charge in [-0.3, -0.25) is 4.79 Å². The van der Waals surface area contributed by atoms with Gasteiger partial charge in [0.05, 0.1) is 12.0 Å². The molecule has 1 aromatic heterocycles. The Morgan fingerprint density at radius 1 is 1.65 bits per heavy atom. The molecule has 0 aromatic carbocycles. The normalized spacial score (nSPS) is 12.1. The first kappa shape index (κ1) is 13.2. The number of aromatic nitrogens is 2. The number of imidazole rings is 1. The monoisotopic (exact) mass is 240 g/mol. The number of aliphatic carboxylic acids is 1. The van der Waals surface area contributed by atoms with E-state index in [0.717, 1.165) is 0 Å². The first-order valence-corrected chi connectivity index (χ1v) is 5.22. The fourth-order valence-corrected chi connectivity index (χ4v) is 1.38. The third-order valence-electron chi connectivity index (χ3n) is 2.18. The maximum atomic E-state index is 11.3. The molecule has 1 aromatic rings. The number of carboxylic acids is 1. The maximum Gasteiger partial charge on any atom is 0.326 e. The molecule has 0 saturated heterocycles. The molecular weight excluding hydrogens is 224 g/mol. The SMILES string of the molecule is Cn1cnc(CC(NC(=O)CCN)C(=O)O)c1. The number of nitrogens with zero attached hydrogens (tertiary/aromatic N) is 2. The van der Waals surface area contributed by atoms with E-state index < -0.39 is 12.0 Å². The summed E-state index contributed by atoms with van der Waals surface area (Å²) in [5.74, 6) is -1.45. The molecule has 0 radical (unpaired) electrons. The van der Waals surface area contributed by atoms with Crippen LogP contribution in [0.25, 0.3) is 0 Å². The number of nitrogens with two attached hydrogens (primary N) is 1. The van der Waals surface area contributed by atoms with Gasteiger partial charge in [0, 0.05) is 32.6 Å². The predicted molar refractivity (Wildman–Crippen MR) is 60.1 cm³/mol. The lowest BCUT2D eigenvalue weighted by Gasteiger charge is -2.12. The number of hydrogen-bond donors (Lipinski definition) is 3. The molecule has 0 aliphatic carbocycles. The summed E-state index contributed by atoms with van der Waals surface area (Å²) in [4.78, 5) is 26.3. The number of aryl methyl sites for hydroxylation is 1. The van der Waals surface area contributed by atoms with Crippen LogP contribution in [0.2, 0.25) is 0 Å². The molecule has 7 heteroatoms. The number of nitrogens with one attached hydrogen (secondary N) is 1. The number of amides is 1. The molecule has 1 unspecified atom stereocenters. The smallest absolute Gasteiger partial charge is 0.326 e. The summed E-state index contributed by atoms with van der Waals surface area (Å²) < 4.78 is 1.72. The van der Waals surface area contributed by atoms with Crippen molar-refractivity contribution in [3.63, 3.8) is 0 Å². The molecule has 0 aliphatic rings. The minimum atomic E-state index is -1.08. The van der Waals surface area contributed by atoms with Crippen LogP contribution in [-0.4, -0.2) is 39.1 Å². The van der Waals surface area contributed by atoms with Crippen molar-refractivity contribution in [1.29, 1.82) is 0 Å². The highest BCUT2D eigenvalue weighted by molar-refractivity contribution is 5.83. The first-order chi connectivity index (χ1) is 8.02. The molecule has 94 valence electrons. The molecule has 1 amide bonds. The van der Waals surface area contributed by atoms with E-state index in [-0.39, 0.29) is 25.3 Å². The second-order valence-electron chi connectivity index (χ2n) is 3.73. The molecular formula is C10H16N4O3. The lowest BCUT2D eigenvalue weighted by atomic mass is 10.1. The zero-order valence-corrected chi connectivity index (χ0v) is 9.59. The standard InChI is InChI=1S/C10H16N4O3/c1-14-5-7(12-6-14)4-8(10(16)17)13-9(15)2-3-11/h5-6,8H,2-4,11H2,1H3,(H,13,15)(H,16,17). The fourth-order valence-electron chi connectivity index (χ4n) is 1.38. The van der Waals surface area contributed by atoms with Crippen LogP contribution in [0.15, 0.2) is 12.5 Å². The van der Waals surface area contributed by atoms with Crippen LogP contribution in [0.3, 0.4) is 0 Å². The van der Waals surface area contributed by atoms with Crippen molar-refractivity contribution in [2.45, 2.75) is 18.9 Å². The minimum Gasteiger partial charge on any atom is -0.480 e. The van der Waals surface area contributed by atoms with Crippen LogP contribution < -0.4 is 11.1 Å². The molecule has 4 N–H and O–H groups in total. The van der Waals surface area contributed by atoms with Crippen molar-refractivity contribution in [2.75, 3.05) is 6.54 Å². The Morgan fingerprint density at radius 3 is 2.82 bits per heavy atom. The van der Waals surface area contributed by atoms with Crippen molar-refractivity contribution >= 4 is 11.9 Å². The zero-order valence-electron chi connectivity index (χ0n) is 9.59. The Bertz CT molecular complexity index is 402. The molecule has 1 heterocycles. The van der Waals surface area contributed by atoms with Crippen LogP contribution >= 0.6 is 0 Å². The molecule has 1 atom stereocenters. The molecule has 1 rings (SSSR count). The van der Waals surface area contributed by atoms with Gasteiger partial charge in [0.25, 0.3) is 0 Å². The van der Waals surface area contributed by atoms with Crippen LogP contribution in [0.5, 0.6) is 0 Å². The Labute approximate surface area is 98.6 Å². The quantitative estimate of drug-likeness (QED) is 0.583. The van der Waals surface area contributed by atoms with Gasteiger partial charge in [-0.1, -0.05) is 0 Å². The van der Waals surface area contributed by atoms with Crippen molar-refractivity contribution in [3.8, 4) is 0 Å². The van der Waals surface area contributed by atoms with Crippen LogP contribution in [0, 0.1) is 0 Å². The molecule has 0 bridgehead atoms. The summed E-state index contributed by atoms with van der Waals surface area (Å²) in [5.41, 5.74) is 5.83. The largest absolute Gasteiger partial charge is 0.480 e.